The summed E-state index contributed by atoms with van der Waals surface area (Å²) in [6.45, 7) is 1.03. The van der Waals surface area contributed by atoms with Crippen LogP contribution in [0.3, 0.4) is 0 Å². The zero-order valence-corrected chi connectivity index (χ0v) is 11.6. The maximum absolute atomic E-state index is 12.3. The van der Waals surface area contributed by atoms with E-state index in [2.05, 4.69) is 5.32 Å². The van der Waals surface area contributed by atoms with Crippen LogP contribution in [0.4, 0.5) is 0 Å². The van der Waals surface area contributed by atoms with Crippen LogP contribution < -0.4 is 5.32 Å². The van der Waals surface area contributed by atoms with Crippen LogP contribution >= 0.6 is 0 Å². The maximum Gasteiger partial charge on any atom is 0.251 e. The molecule has 0 aliphatic carbocycles. The molecule has 108 valence electrons. The normalized spacial score (nSPS) is 14.5. The van der Waals surface area contributed by atoms with Crippen molar-refractivity contribution in [2.45, 2.75) is 19.3 Å². The molecule has 1 aliphatic rings. The molecule has 4 nitrogen and oxygen atoms in total. The molecule has 0 unspecified atom stereocenters. The highest BCUT2D eigenvalue weighted by atomic mass is 16.5. The quantitative estimate of drug-likeness (QED) is 0.904. The monoisotopic (exact) mass is 283 g/mol. The van der Waals surface area contributed by atoms with Crippen LogP contribution in [-0.4, -0.2) is 17.6 Å². The number of amides is 1. The van der Waals surface area contributed by atoms with Gasteiger partial charge in [0.05, 0.1) is 25.9 Å². The van der Waals surface area contributed by atoms with Crippen molar-refractivity contribution < 1.29 is 14.6 Å². The van der Waals surface area contributed by atoms with Crippen LogP contribution in [0, 0.1) is 0 Å². The second-order valence-electron chi connectivity index (χ2n) is 5.10. The minimum atomic E-state index is -0.400. The number of benzene rings is 2. The second kappa shape index (κ2) is 6.08. The molecule has 3 rings (SSSR count). The highest BCUT2D eigenvalue weighted by molar-refractivity contribution is 5.94. The fourth-order valence-corrected chi connectivity index (χ4v) is 2.47. The molecule has 1 amide bonds. The largest absolute Gasteiger partial charge is 0.394 e. The fraction of sp³-hybridized carbons (Fsp3) is 0.235. The highest BCUT2D eigenvalue weighted by Gasteiger charge is 2.17. The summed E-state index contributed by atoms with van der Waals surface area (Å²) in [5, 5.41) is 12.4. The smallest absolute Gasteiger partial charge is 0.251 e. The third-order valence-corrected chi connectivity index (χ3v) is 3.67. The second-order valence-corrected chi connectivity index (χ2v) is 5.10. The Labute approximate surface area is 123 Å². The summed E-state index contributed by atoms with van der Waals surface area (Å²) in [6, 6.07) is 14.6. The number of hydrogen-bond donors (Lipinski definition) is 2. The van der Waals surface area contributed by atoms with E-state index >= 15 is 0 Å². The van der Waals surface area contributed by atoms with E-state index in [1.165, 1.54) is 0 Å². The lowest BCUT2D eigenvalue weighted by atomic mass is 10.0. The fourth-order valence-electron chi connectivity index (χ4n) is 2.47. The Balaban J connectivity index is 1.76. The lowest BCUT2D eigenvalue weighted by Gasteiger charge is -2.17. The molecule has 1 aliphatic heterocycles. The van der Waals surface area contributed by atoms with Crippen LogP contribution in [0.2, 0.25) is 0 Å². The van der Waals surface area contributed by atoms with Crippen molar-refractivity contribution in [2.24, 2.45) is 0 Å². The molecule has 2 N–H and O–H groups in total. The first kappa shape index (κ1) is 13.8. The van der Waals surface area contributed by atoms with Gasteiger partial charge in [0.15, 0.2) is 0 Å². The van der Waals surface area contributed by atoms with E-state index in [9.17, 15) is 9.90 Å². The molecule has 0 aromatic heterocycles. The third-order valence-electron chi connectivity index (χ3n) is 3.67. The van der Waals surface area contributed by atoms with Crippen molar-refractivity contribution in [3.05, 3.63) is 70.8 Å². The summed E-state index contributed by atoms with van der Waals surface area (Å²) >= 11 is 0. The summed E-state index contributed by atoms with van der Waals surface area (Å²) in [5.74, 6) is -0.187. The first-order chi connectivity index (χ1) is 10.3. The van der Waals surface area contributed by atoms with E-state index in [1.54, 1.807) is 6.07 Å². The van der Waals surface area contributed by atoms with Gasteiger partial charge >= 0.3 is 0 Å². The minimum absolute atomic E-state index is 0.135. The van der Waals surface area contributed by atoms with Crippen molar-refractivity contribution in [3.63, 3.8) is 0 Å². The van der Waals surface area contributed by atoms with Crippen molar-refractivity contribution in [3.8, 4) is 0 Å². The van der Waals surface area contributed by atoms with Crippen molar-refractivity contribution in [2.75, 3.05) is 6.61 Å². The summed E-state index contributed by atoms with van der Waals surface area (Å²) < 4.78 is 5.35. The predicted molar refractivity (Wildman–Crippen MR) is 78.7 cm³/mol. The van der Waals surface area contributed by atoms with E-state index in [4.69, 9.17) is 4.74 Å². The van der Waals surface area contributed by atoms with Gasteiger partial charge < -0.3 is 15.2 Å². The molecular formula is C17H17NO3. The van der Waals surface area contributed by atoms with Crippen LogP contribution in [0.5, 0.6) is 0 Å². The van der Waals surface area contributed by atoms with Crippen LogP contribution in [-0.2, 0) is 18.0 Å². The number of rotatable bonds is 4. The topological polar surface area (TPSA) is 58.6 Å². The van der Waals surface area contributed by atoms with Gasteiger partial charge in [-0.1, -0.05) is 36.4 Å². The van der Waals surface area contributed by atoms with Gasteiger partial charge in [0.2, 0.25) is 0 Å². The molecule has 0 fully saturated rings. The number of hydrogen-bond acceptors (Lipinski definition) is 3. The molecule has 0 saturated carbocycles. The summed E-state index contributed by atoms with van der Waals surface area (Å²) in [4.78, 5) is 12.3. The molecule has 0 bridgehead atoms. The van der Waals surface area contributed by atoms with Gasteiger partial charge in [0.25, 0.3) is 5.91 Å². The van der Waals surface area contributed by atoms with Gasteiger partial charge in [0.1, 0.15) is 0 Å². The number of fused-ring (bicyclic) bond motifs is 1. The number of carbonyl (C=O) groups excluding carboxylic acids is 1. The number of aliphatic hydroxyl groups excluding tert-OH is 1. The Kier molecular flexibility index (Phi) is 3.99. The molecule has 4 heteroatoms. The zero-order valence-electron chi connectivity index (χ0n) is 11.6. The Morgan fingerprint density at radius 1 is 1.14 bits per heavy atom. The molecule has 21 heavy (non-hydrogen) atoms. The lowest BCUT2D eigenvalue weighted by molar-refractivity contribution is 0.0916. The van der Waals surface area contributed by atoms with Gasteiger partial charge in [-0.25, -0.2) is 0 Å². The van der Waals surface area contributed by atoms with Gasteiger partial charge in [-0.2, -0.15) is 0 Å². The van der Waals surface area contributed by atoms with E-state index in [0.717, 1.165) is 16.7 Å². The number of nitrogens with one attached hydrogen (secondary N) is 1. The van der Waals surface area contributed by atoms with Gasteiger partial charge in [0, 0.05) is 5.56 Å². The first-order valence-electron chi connectivity index (χ1n) is 6.94. The molecular weight excluding hydrogens is 266 g/mol. The molecule has 0 spiro atoms. The van der Waals surface area contributed by atoms with E-state index in [0.29, 0.717) is 18.8 Å². The SMILES string of the molecule is O=C(N[C@@H](CO)c1ccccc1)c1ccc2c(c1)COC2. The van der Waals surface area contributed by atoms with Crippen LogP contribution in [0.1, 0.15) is 33.1 Å². The van der Waals surface area contributed by atoms with E-state index in [1.807, 2.05) is 42.5 Å². The van der Waals surface area contributed by atoms with Gasteiger partial charge in [-0.3, -0.25) is 4.79 Å². The average Bonchev–Trinajstić information content (AvgIpc) is 3.00. The Morgan fingerprint density at radius 2 is 1.90 bits per heavy atom. The van der Waals surface area contributed by atoms with Gasteiger partial charge in [-0.15, -0.1) is 0 Å². The Bertz CT molecular complexity index is 640. The summed E-state index contributed by atoms with van der Waals surface area (Å²) in [7, 11) is 0. The van der Waals surface area contributed by atoms with Crippen LogP contribution in [0.25, 0.3) is 0 Å². The zero-order chi connectivity index (χ0) is 14.7. The van der Waals surface area contributed by atoms with E-state index < -0.39 is 6.04 Å². The lowest BCUT2D eigenvalue weighted by Crippen LogP contribution is -2.30. The standard InChI is InChI=1S/C17H17NO3/c19-9-16(12-4-2-1-3-5-12)18-17(20)13-6-7-14-10-21-11-15(14)8-13/h1-8,16,19H,9-11H2,(H,18,20)/t16-/m0/s1. The van der Waals surface area contributed by atoms with E-state index in [-0.39, 0.29) is 12.5 Å². The molecule has 1 heterocycles. The third kappa shape index (κ3) is 2.96. The molecule has 0 saturated heterocycles. The number of ether oxygens (including phenoxy) is 1. The Morgan fingerprint density at radius 3 is 2.67 bits per heavy atom. The minimum Gasteiger partial charge on any atom is -0.394 e. The van der Waals surface area contributed by atoms with Crippen molar-refractivity contribution >= 4 is 5.91 Å². The molecule has 0 radical (unpaired) electrons. The molecule has 2 aromatic rings. The number of carbonyl (C=O) groups is 1. The average molecular weight is 283 g/mol. The van der Waals surface area contributed by atoms with Crippen molar-refractivity contribution in [1.29, 1.82) is 0 Å². The Hall–Kier alpha value is -2.17. The number of aliphatic hydroxyl groups is 1. The first-order valence-corrected chi connectivity index (χ1v) is 6.94. The maximum atomic E-state index is 12.3. The van der Waals surface area contributed by atoms with Crippen LogP contribution in [0.15, 0.2) is 48.5 Å². The molecule has 2 aromatic carbocycles. The highest BCUT2D eigenvalue weighted by Crippen LogP contribution is 2.21. The summed E-state index contributed by atoms with van der Waals surface area (Å²) in [5.41, 5.74) is 3.67. The summed E-state index contributed by atoms with van der Waals surface area (Å²) in [6.07, 6.45) is 0. The van der Waals surface area contributed by atoms with Crippen molar-refractivity contribution in [1.82, 2.24) is 5.32 Å². The van der Waals surface area contributed by atoms with Gasteiger partial charge in [-0.05, 0) is 28.8 Å². The molecule has 1 atom stereocenters. The predicted octanol–water partition coefficient (Wildman–Crippen LogP) is 2.18.